The molecule has 0 saturated heterocycles. The molecule has 3 heteroatoms. The molecular weight excluding hydrogens is 240 g/mol. The Morgan fingerprint density at radius 3 is 2.63 bits per heavy atom. The van der Waals surface area contributed by atoms with E-state index in [0.717, 1.165) is 24.0 Å². The zero-order chi connectivity index (χ0) is 13.4. The number of aryl methyl sites for hydroxylation is 1. The SMILES string of the molecule is Cc1ccccc1C1=C(OC(=O)C2CC2)CCC1=O. The molecule has 1 saturated carbocycles. The summed E-state index contributed by atoms with van der Waals surface area (Å²) in [5.74, 6) is 0.529. The monoisotopic (exact) mass is 256 g/mol. The fraction of sp³-hybridized carbons (Fsp3) is 0.375. The van der Waals surface area contributed by atoms with Crippen molar-refractivity contribution in [1.82, 2.24) is 0 Å². The highest BCUT2D eigenvalue weighted by atomic mass is 16.5. The molecule has 1 aromatic rings. The quantitative estimate of drug-likeness (QED) is 0.781. The third kappa shape index (κ3) is 2.33. The first-order valence-corrected chi connectivity index (χ1v) is 6.71. The smallest absolute Gasteiger partial charge is 0.314 e. The number of ether oxygens (including phenoxy) is 1. The Labute approximate surface area is 112 Å². The number of allylic oxidation sites excluding steroid dienone is 2. The van der Waals surface area contributed by atoms with Crippen LogP contribution in [0.25, 0.3) is 5.57 Å². The van der Waals surface area contributed by atoms with Gasteiger partial charge in [-0.25, -0.2) is 0 Å². The van der Waals surface area contributed by atoms with E-state index in [1.54, 1.807) is 0 Å². The largest absolute Gasteiger partial charge is 0.430 e. The van der Waals surface area contributed by atoms with Crippen molar-refractivity contribution in [3.05, 3.63) is 41.2 Å². The molecule has 2 aliphatic rings. The summed E-state index contributed by atoms with van der Waals surface area (Å²) >= 11 is 0. The summed E-state index contributed by atoms with van der Waals surface area (Å²) < 4.78 is 5.45. The maximum Gasteiger partial charge on any atom is 0.314 e. The van der Waals surface area contributed by atoms with E-state index in [-0.39, 0.29) is 17.7 Å². The normalized spacial score (nSPS) is 18.9. The van der Waals surface area contributed by atoms with E-state index in [2.05, 4.69) is 0 Å². The second-order valence-electron chi connectivity index (χ2n) is 5.23. The maximum atomic E-state index is 12.1. The number of Topliss-reactive ketones (excluding diaryl/α,β-unsaturated/α-hetero) is 1. The van der Waals surface area contributed by atoms with Gasteiger partial charge in [-0.1, -0.05) is 24.3 Å². The lowest BCUT2D eigenvalue weighted by atomic mass is 9.99. The Morgan fingerprint density at radius 1 is 1.21 bits per heavy atom. The fourth-order valence-electron chi connectivity index (χ4n) is 2.41. The van der Waals surface area contributed by atoms with Gasteiger partial charge in [-0.05, 0) is 30.9 Å². The van der Waals surface area contributed by atoms with Crippen LogP contribution in [0.1, 0.15) is 36.8 Å². The van der Waals surface area contributed by atoms with Gasteiger partial charge in [0.25, 0.3) is 0 Å². The molecule has 0 radical (unpaired) electrons. The van der Waals surface area contributed by atoms with E-state index in [4.69, 9.17) is 4.74 Å². The molecule has 0 bridgehead atoms. The minimum Gasteiger partial charge on any atom is -0.430 e. The maximum absolute atomic E-state index is 12.1. The molecule has 19 heavy (non-hydrogen) atoms. The van der Waals surface area contributed by atoms with Crippen molar-refractivity contribution in [2.75, 3.05) is 0 Å². The van der Waals surface area contributed by atoms with Crippen molar-refractivity contribution in [3.8, 4) is 0 Å². The zero-order valence-electron chi connectivity index (χ0n) is 10.9. The lowest BCUT2D eigenvalue weighted by molar-refractivity contribution is -0.141. The zero-order valence-corrected chi connectivity index (χ0v) is 10.9. The van der Waals surface area contributed by atoms with Gasteiger partial charge in [-0.3, -0.25) is 9.59 Å². The Kier molecular flexibility index (Phi) is 2.97. The summed E-state index contributed by atoms with van der Waals surface area (Å²) in [7, 11) is 0. The number of rotatable bonds is 3. The summed E-state index contributed by atoms with van der Waals surface area (Å²) in [4.78, 5) is 23.8. The molecule has 0 amide bonds. The number of ketones is 1. The highest BCUT2D eigenvalue weighted by Gasteiger charge is 2.35. The van der Waals surface area contributed by atoms with Crippen molar-refractivity contribution in [1.29, 1.82) is 0 Å². The summed E-state index contributed by atoms with van der Waals surface area (Å²) in [6.45, 7) is 1.97. The average molecular weight is 256 g/mol. The predicted molar refractivity (Wildman–Crippen MR) is 71.2 cm³/mol. The standard InChI is InChI=1S/C16H16O3/c1-10-4-2-3-5-12(10)15-13(17)8-9-14(15)19-16(18)11-6-7-11/h2-5,11H,6-9H2,1H3. The van der Waals surface area contributed by atoms with Crippen LogP contribution in [0, 0.1) is 12.8 Å². The number of hydrogen-bond acceptors (Lipinski definition) is 3. The van der Waals surface area contributed by atoms with Gasteiger partial charge < -0.3 is 4.74 Å². The average Bonchev–Trinajstić information content (AvgIpc) is 3.17. The van der Waals surface area contributed by atoms with Crippen molar-refractivity contribution >= 4 is 17.3 Å². The molecule has 0 unspecified atom stereocenters. The Hall–Kier alpha value is -1.90. The topological polar surface area (TPSA) is 43.4 Å². The molecule has 1 fully saturated rings. The Morgan fingerprint density at radius 2 is 1.95 bits per heavy atom. The van der Waals surface area contributed by atoms with Crippen LogP contribution in [-0.4, -0.2) is 11.8 Å². The lowest BCUT2D eigenvalue weighted by Crippen LogP contribution is -2.07. The van der Waals surface area contributed by atoms with Gasteiger partial charge in [0.2, 0.25) is 0 Å². The number of hydrogen-bond donors (Lipinski definition) is 0. The first kappa shape index (κ1) is 12.2. The molecule has 2 aliphatic carbocycles. The third-order valence-electron chi connectivity index (χ3n) is 3.69. The first-order chi connectivity index (χ1) is 9.16. The van der Waals surface area contributed by atoms with E-state index in [0.29, 0.717) is 24.2 Å². The Balaban J connectivity index is 1.96. The van der Waals surface area contributed by atoms with Crippen LogP contribution >= 0.6 is 0 Å². The molecule has 98 valence electrons. The second-order valence-corrected chi connectivity index (χ2v) is 5.23. The minimum absolute atomic E-state index is 0.0568. The highest BCUT2D eigenvalue weighted by molar-refractivity contribution is 6.23. The van der Waals surface area contributed by atoms with Crippen LogP contribution in [0.4, 0.5) is 0 Å². The molecule has 0 heterocycles. The van der Waals surface area contributed by atoms with Crippen LogP contribution in [-0.2, 0) is 14.3 Å². The van der Waals surface area contributed by atoms with E-state index in [1.807, 2.05) is 31.2 Å². The second kappa shape index (κ2) is 4.65. The van der Waals surface area contributed by atoms with Crippen LogP contribution < -0.4 is 0 Å². The Bertz CT molecular complexity index is 579. The lowest BCUT2D eigenvalue weighted by Gasteiger charge is -2.09. The summed E-state index contributed by atoms with van der Waals surface area (Å²) in [6, 6.07) is 7.73. The minimum atomic E-state index is -0.171. The van der Waals surface area contributed by atoms with E-state index in [9.17, 15) is 9.59 Å². The number of carbonyl (C=O) groups is 2. The number of benzene rings is 1. The van der Waals surface area contributed by atoms with E-state index >= 15 is 0 Å². The predicted octanol–water partition coefficient (Wildman–Crippen LogP) is 3.02. The van der Waals surface area contributed by atoms with Gasteiger partial charge in [0.05, 0.1) is 11.5 Å². The molecular formula is C16H16O3. The van der Waals surface area contributed by atoms with Crippen molar-refractivity contribution in [2.24, 2.45) is 5.92 Å². The molecule has 3 rings (SSSR count). The third-order valence-corrected chi connectivity index (χ3v) is 3.69. The van der Waals surface area contributed by atoms with Crippen molar-refractivity contribution < 1.29 is 14.3 Å². The molecule has 0 aromatic heterocycles. The van der Waals surface area contributed by atoms with Gasteiger partial charge in [-0.2, -0.15) is 0 Å². The van der Waals surface area contributed by atoms with Crippen molar-refractivity contribution in [3.63, 3.8) is 0 Å². The first-order valence-electron chi connectivity index (χ1n) is 6.71. The van der Waals surface area contributed by atoms with Crippen LogP contribution in [0.15, 0.2) is 30.0 Å². The molecule has 0 aliphatic heterocycles. The van der Waals surface area contributed by atoms with Gasteiger partial charge >= 0.3 is 5.97 Å². The van der Waals surface area contributed by atoms with Gasteiger partial charge in [0, 0.05) is 12.8 Å². The van der Waals surface area contributed by atoms with E-state index < -0.39 is 0 Å². The van der Waals surface area contributed by atoms with Crippen LogP contribution in [0.3, 0.4) is 0 Å². The van der Waals surface area contributed by atoms with Gasteiger partial charge in [0.15, 0.2) is 5.78 Å². The summed E-state index contributed by atoms with van der Waals surface area (Å²) in [5, 5.41) is 0. The number of carbonyl (C=O) groups excluding carboxylic acids is 2. The number of esters is 1. The van der Waals surface area contributed by atoms with Gasteiger partial charge in [0.1, 0.15) is 5.76 Å². The molecule has 0 N–H and O–H groups in total. The van der Waals surface area contributed by atoms with Crippen LogP contribution in [0.2, 0.25) is 0 Å². The van der Waals surface area contributed by atoms with Gasteiger partial charge in [-0.15, -0.1) is 0 Å². The molecule has 3 nitrogen and oxygen atoms in total. The molecule has 0 spiro atoms. The summed E-state index contributed by atoms with van der Waals surface area (Å²) in [5.41, 5.74) is 2.53. The highest BCUT2D eigenvalue weighted by Crippen LogP contribution is 2.36. The molecule has 0 atom stereocenters. The fourth-order valence-corrected chi connectivity index (χ4v) is 2.41. The van der Waals surface area contributed by atoms with E-state index in [1.165, 1.54) is 0 Å². The summed E-state index contributed by atoms with van der Waals surface area (Å²) in [6.07, 6.45) is 2.82. The molecule has 1 aromatic carbocycles. The van der Waals surface area contributed by atoms with Crippen molar-refractivity contribution in [2.45, 2.75) is 32.6 Å². The van der Waals surface area contributed by atoms with Crippen LogP contribution in [0.5, 0.6) is 0 Å².